The summed E-state index contributed by atoms with van der Waals surface area (Å²) >= 11 is 1.60. The smallest absolute Gasteiger partial charge is 0.243 e. The summed E-state index contributed by atoms with van der Waals surface area (Å²) in [5.41, 5.74) is 0.870. The zero-order valence-corrected chi connectivity index (χ0v) is 20.3. The fourth-order valence-corrected chi connectivity index (χ4v) is 5.74. The van der Waals surface area contributed by atoms with Gasteiger partial charge in [0.1, 0.15) is 6.04 Å². The summed E-state index contributed by atoms with van der Waals surface area (Å²) in [5, 5.41) is 5.73. The first-order valence-corrected chi connectivity index (χ1v) is 13.8. The molecule has 2 aromatic rings. The molecule has 178 valence electrons. The highest BCUT2D eigenvalue weighted by molar-refractivity contribution is 7.98. The molecule has 0 spiro atoms. The van der Waals surface area contributed by atoms with E-state index >= 15 is 0 Å². The highest BCUT2D eigenvalue weighted by Gasteiger charge is 2.34. The van der Waals surface area contributed by atoms with Crippen LogP contribution in [0.5, 0.6) is 0 Å². The second kappa shape index (κ2) is 12.2. The fourth-order valence-electron chi connectivity index (χ4n) is 3.73. The lowest BCUT2D eigenvalue weighted by Gasteiger charge is -2.32. The number of benzene rings is 1. The first-order chi connectivity index (χ1) is 15.9. The van der Waals surface area contributed by atoms with Crippen molar-refractivity contribution in [1.82, 2.24) is 19.9 Å². The molecule has 1 fully saturated rings. The second-order valence-corrected chi connectivity index (χ2v) is 10.9. The maximum Gasteiger partial charge on any atom is 0.243 e. The molecule has 0 bridgehead atoms. The van der Waals surface area contributed by atoms with E-state index < -0.39 is 22.0 Å². The van der Waals surface area contributed by atoms with Crippen molar-refractivity contribution < 1.29 is 18.0 Å². The van der Waals surface area contributed by atoms with Gasteiger partial charge in [0.25, 0.3) is 0 Å². The van der Waals surface area contributed by atoms with Crippen molar-refractivity contribution in [3.63, 3.8) is 0 Å². The van der Waals surface area contributed by atoms with Crippen molar-refractivity contribution in [2.75, 3.05) is 25.1 Å². The van der Waals surface area contributed by atoms with Crippen molar-refractivity contribution in [3.8, 4) is 0 Å². The molecule has 2 heterocycles. The molecule has 3 rings (SSSR count). The molecule has 2 N–H and O–H groups in total. The normalized spacial score (nSPS) is 17.8. The number of carbonyl (C=O) groups excluding carboxylic acids is 2. The maximum absolute atomic E-state index is 13.0. The van der Waals surface area contributed by atoms with Crippen LogP contribution in [0.25, 0.3) is 0 Å². The molecule has 1 aliphatic rings. The average molecular weight is 491 g/mol. The Morgan fingerprint density at radius 2 is 2.00 bits per heavy atom. The molecular weight excluding hydrogens is 460 g/mol. The summed E-state index contributed by atoms with van der Waals surface area (Å²) < 4.78 is 27.3. The Morgan fingerprint density at radius 3 is 2.70 bits per heavy atom. The molecule has 2 atom stereocenters. The predicted octanol–water partition coefficient (Wildman–Crippen LogP) is 2.04. The zero-order valence-electron chi connectivity index (χ0n) is 18.6. The van der Waals surface area contributed by atoms with Crippen LogP contribution in [0.15, 0.2) is 59.8 Å². The van der Waals surface area contributed by atoms with Crippen LogP contribution in [0.4, 0.5) is 0 Å². The Bertz CT molecular complexity index is 1020. The molecule has 1 aromatic carbocycles. The van der Waals surface area contributed by atoms with Gasteiger partial charge in [0.2, 0.25) is 21.8 Å². The number of piperidine rings is 1. The molecule has 1 saturated heterocycles. The summed E-state index contributed by atoms with van der Waals surface area (Å²) in [6, 6.07) is 11.2. The minimum absolute atomic E-state index is 0.107. The molecule has 33 heavy (non-hydrogen) atoms. The van der Waals surface area contributed by atoms with Crippen LogP contribution >= 0.6 is 11.8 Å². The predicted molar refractivity (Wildman–Crippen MR) is 129 cm³/mol. The maximum atomic E-state index is 13.0. The SMILES string of the molecule is CSCCC(NC(=O)C1CCCN(S(=O)(=O)c2ccccc2)C1)C(=O)NCc1cccnc1. The van der Waals surface area contributed by atoms with Gasteiger partial charge in [0, 0.05) is 32.0 Å². The van der Waals surface area contributed by atoms with E-state index in [0.29, 0.717) is 38.1 Å². The second-order valence-electron chi connectivity index (χ2n) is 7.94. The summed E-state index contributed by atoms with van der Waals surface area (Å²) in [6.07, 6.45) is 6.95. The van der Waals surface area contributed by atoms with Crippen molar-refractivity contribution in [2.45, 2.75) is 36.7 Å². The standard InChI is InChI=1S/C23H30N4O4S2/c1-32-14-11-21(23(29)25-16-18-7-5-12-24-15-18)26-22(28)19-8-6-13-27(17-19)33(30,31)20-9-3-2-4-10-20/h2-5,7,9-10,12,15,19,21H,6,8,11,13-14,16-17H2,1H3,(H,25,29)(H,26,28). The molecule has 0 aliphatic carbocycles. The van der Waals surface area contributed by atoms with Crippen molar-refractivity contribution in [2.24, 2.45) is 5.92 Å². The number of thioether (sulfide) groups is 1. The highest BCUT2D eigenvalue weighted by Crippen LogP contribution is 2.24. The van der Waals surface area contributed by atoms with Gasteiger partial charge in [-0.05, 0) is 55.0 Å². The summed E-state index contributed by atoms with van der Waals surface area (Å²) in [6.45, 7) is 0.808. The van der Waals surface area contributed by atoms with Gasteiger partial charge in [-0.25, -0.2) is 8.42 Å². The highest BCUT2D eigenvalue weighted by atomic mass is 32.2. The third-order valence-electron chi connectivity index (χ3n) is 5.57. The van der Waals surface area contributed by atoms with Gasteiger partial charge < -0.3 is 10.6 Å². The Labute approximate surface area is 199 Å². The van der Waals surface area contributed by atoms with E-state index in [0.717, 1.165) is 5.56 Å². The van der Waals surface area contributed by atoms with Crippen LogP contribution in [0.1, 0.15) is 24.8 Å². The first kappa shape index (κ1) is 25.2. The molecule has 0 radical (unpaired) electrons. The van der Waals surface area contributed by atoms with Crippen LogP contribution < -0.4 is 10.6 Å². The monoisotopic (exact) mass is 490 g/mol. The molecule has 8 nitrogen and oxygen atoms in total. The number of hydrogen-bond donors (Lipinski definition) is 2. The number of carbonyl (C=O) groups is 2. The number of rotatable bonds is 10. The molecule has 10 heteroatoms. The number of pyridine rings is 1. The van der Waals surface area contributed by atoms with Crippen molar-refractivity contribution in [3.05, 3.63) is 60.4 Å². The van der Waals surface area contributed by atoms with E-state index in [1.165, 1.54) is 4.31 Å². The summed E-state index contributed by atoms with van der Waals surface area (Å²) in [5.74, 6) is -0.332. The Hall–Kier alpha value is -2.43. The van der Waals surface area contributed by atoms with Gasteiger partial charge in [0.05, 0.1) is 10.8 Å². The van der Waals surface area contributed by atoms with Gasteiger partial charge in [-0.3, -0.25) is 14.6 Å². The molecule has 1 aromatic heterocycles. The molecular formula is C23H30N4O4S2. The van der Waals surface area contributed by atoms with Crippen molar-refractivity contribution in [1.29, 1.82) is 0 Å². The number of sulfonamides is 1. The summed E-state index contributed by atoms with van der Waals surface area (Å²) in [4.78, 5) is 30.1. The van der Waals surface area contributed by atoms with Gasteiger partial charge >= 0.3 is 0 Å². The largest absolute Gasteiger partial charge is 0.350 e. The minimum Gasteiger partial charge on any atom is -0.350 e. The number of hydrogen-bond acceptors (Lipinski definition) is 6. The third kappa shape index (κ3) is 7.02. The fraction of sp³-hybridized carbons (Fsp3) is 0.435. The molecule has 2 amide bonds. The van der Waals surface area contributed by atoms with E-state index in [2.05, 4.69) is 15.6 Å². The zero-order chi connectivity index (χ0) is 23.7. The Kier molecular flexibility index (Phi) is 9.28. The molecule has 0 saturated carbocycles. The van der Waals surface area contributed by atoms with E-state index in [4.69, 9.17) is 0 Å². The minimum atomic E-state index is -3.66. The third-order valence-corrected chi connectivity index (χ3v) is 8.09. The Morgan fingerprint density at radius 1 is 1.21 bits per heavy atom. The van der Waals surface area contributed by atoms with E-state index in [1.807, 2.05) is 12.3 Å². The summed E-state index contributed by atoms with van der Waals surface area (Å²) in [7, 11) is -3.66. The van der Waals surface area contributed by atoms with Gasteiger partial charge in [-0.15, -0.1) is 0 Å². The molecule has 1 aliphatic heterocycles. The number of aromatic nitrogens is 1. The number of nitrogens with zero attached hydrogens (tertiary/aromatic N) is 2. The topological polar surface area (TPSA) is 108 Å². The van der Waals surface area contributed by atoms with Crippen LogP contribution in [0.2, 0.25) is 0 Å². The first-order valence-electron chi connectivity index (χ1n) is 10.9. The van der Waals surface area contributed by atoms with E-state index in [9.17, 15) is 18.0 Å². The van der Waals surface area contributed by atoms with Crippen molar-refractivity contribution >= 4 is 33.6 Å². The molecule has 2 unspecified atom stereocenters. The lowest BCUT2D eigenvalue weighted by atomic mass is 9.98. The van der Waals surface area contributed by atoms with Gasteiger partial charge in [-0.1, -0.05) is 24.3 Å². The van der Waals surface area contributed by atoms with Gasteiger partial charge in [0.15, 0.2) is 0 Å². The Balaban J connectivity index is 1.62. The lowest BCUT2D eigenvalue weighted by molar-refractivity contribution is -0.132. The average Bonchev–Trinajstić information content (AvgIpc) is 2.86. The lowest BCUT2D eigenvalue weighted by Crippen LogP contribution is -2.51. The van der Waals surface area contributed by atoms with Crippen LogP contribution in [0.3, 0.4) is 0 Å². The van der Waals surface area contributed by atoms with Gasteiger partial charge in [-0.2, -0.15) is 16.1 Å². The van der Waals surface area contributed by atoms with Crippen LogP contribution in [-0.4, -0.2) is 60.7 Å². The van der Waals surface area contributed by atoms with E-state index in [-0.39, 0.29) is 23.3 Å². The van der Waals surface area contributed by atoms with Crippen LogP contribution in [-0.2, 0) is 26.2 Å². The van der Waals surface area contributed by atoms with Crippen LogP contribution in [0, 0.1) is 5.92 Å². The van der Waals surface area contributed by atoms with E-state index in [1.54, 1.807) is 60.6 Å². The number of amides is 2. The number of nitrogens with one attached hydrogen (secondary N) is 2. The quantitative estimate of drug-likeness (QED) is 0.528.